The molecule has 0 aromatic carbocycles. The van der Waals surface area contributed by atoms with Gasteiger partial charge in [-0.1, -0.05) is 6.07 Å². The number of nitrogens with one attached hydrogen (secondary N) is 1. The maximum atomic E-state index is 12.5. The molecule has 0 aliphatic carbocycles. The highest BCUT2D eigenvalue weighted by atomic mass is 32.1. The minimum absolute atomic E-state index is 0.0952. The summed E-state index contributed by atoms with van der Waals surface area (Å²) in [7, 11) is 0. The number of carbonyl (C=O) groups excluding carboxylic acids is 1. The zero-order valence-electron chi connectivity index (χ0n) is 15.0. The number of carbonyl (C=O) groups is 1. The predicted octanol–water partition coefficient (Wildman–Crippen LogP) is 2.43. The van der Waals surface area contributed by atoms with Crippen LogP contribution in [-0.2, 0) is 22.6 Å². The van der Waals surface area contributed by atoms with Crippen LogP contribution in [0.25, 0.3) is 0 Å². The number of ether oxygens (including phenoxy) is 1. The fourth-order valence-electron chi connectivity index (χ4n) is 3.93. The second kappa shape index (κ2) is 8.33. The van der Waals surface area contributed by atoms with Gasteiger partial charge in [-0.25, -0.2) is 0 Å². The van der Waals surface area contributed by atoms with Crippen molar-refractivity contribution >= 4 is 17.2 Å². The van der Waals surface area contributed by atoms with Crippen molar-refractivity contribution in [1.29, 1.82) is 0 Å². The molecule has 1 amide bonds. The van der Waals surface area contributed by atoms with Crippen LogP contribution in [0.1, 0.15) is 35.9 Å². The van der Waals surface area contributed by atoms with Crippen LogP contribution in [-0.4, -0.2) is 46.9 Å². The van der Waals surface area contributed by atoms with Gasteiger partial charge in [0.15, 0.2) is 0 Å². The van der Waals surface area contributed by atoms with E-state index in [1.165, 1.54) is 10.6 Å². The average Bonchev–Trinajstić information content (AvgIpc) is 3.32. The molecule has 0 saturated carbocycles. The molecule has 1 saturated heterocycles. The molecule has 0 spiro atoms. The summed E-state index contributed by atoms with van der Waals surface area (Å²) in [4.78, 5) is 16.1. The Morgan fingerprint density at radius 1 is 1.35 bits per heavy atom. The van der Waals surface area contributed by atoms with E-state index in [4.69, 9.17) is 4.74 Å². The number of nitrogens with zero attached hydrogens (tertiary/aromatic N) is 3. The van der Waals surface area contributed by atoms with E-state index in [1.807, 2.05) is 28.4 Å². The second-order valence-corrected chi connectivity index (χ2v) is 8.26. The zero-order chi connectivity index (χ0) is 17.8. The highest BCUT2D eigenvalue weighted by Crippen LogP contribution is 2.25. The summed E-state index contributed by atoms with van der Waals surface area (Å²) in [6.07, 6.45) is 4.61. The molecule has 1 fully saturated rings. The fraction of sp³-hybridized carbons (Fsp3) is 0.579. The molecule has 140 valence electrons. The van der Waals surface area contributed by atoms with Crippen molar-refractivity contribution in [3.05, 3.63) is 40.3 Å². The number of aromatic nitrogens is 2. The summed E-state index contributed by atoms with van der Waals surface area (Å²) >= 11 is 1.67. The van der Waals surface area contributed by atoms with E-state index in [2.05, 4.69) is 21.4 Å². The number of rotatable bonds is 6. The van der Waals surface area contributed by atoms with Crippen LogP contribution in [0.3, 0.4) is 0 Å². The highest BCUT2D eigenvalue weighted by Gasteiger charge is 2.29. The van der Waals surface area contributed by atoms with Crippen LogP contribution in [0.15, 0.2) is 29.8 Å². The van der Waals surface area contributed by atoms with E-state index in [-0.39, 0.29) is 11.9 Å². The molecule has 2 aliphatic rings. The quantitative estimate of drug-likeness (QED) is 0.844. The monoisotopic (exact) mass is 374 g/mol. The van der Waals surface area contributed by atoms with Crippen LogP contribution in [0.4, 0.5) is 0 Å². The van der Waals surface area contributed by atoms with Crippen molar-refractivity contribution < 1.29 is 9.53 Å². The molecule has 1 atom stereocenters. The predicted molar refractivity (Wildman–Crippen MR) is 101 cm³/mol. The van der Waals surface area contributed by atoms with Gasteiger partial charge >= 0.3 is 0 Å². The summed E-state index contributed by atoms with van der Waals surface area (Å²) in [6, 6.07) is 6.24. The molecule has 2 aromatic rings. The van der Waals surface area contributed by atoms with Gasteiger partial charge in [0.05, 0.1) is 24.7 Å². The van der Waals surface area contributed by atoms with Gasteiger partial charge in [-0.15, -0.1) is 11.3 Å². The number of amides is 1. The minimum atomic E-state index is 0.0952. The first kappa shape index (κ1) is 17.7. The Morgan fingerprint density at radius 3 is 3.04 bits per heavy atom. The zero-order valence-corrected chi connectivity index (χ0v) is 15.8. The standard InChI is InChI=1S/C19H26N4O2S/c24-19(20-11-18-2-1-9-26-18)10-17-14-22(12-15-4-7-25-8-5-15)13-16-3-6-21-23(16)17/h1-3,6,9,15,17H,4-5,7-8,10-14H2,(H,20,24)/t17-/m0/s1. The Hall–Kier alpha value is -1.70. The summed E-state index contributed by atoms with van der Waals surface area (Å²) in [5.41, 5.74) is 1.21. The van der Waals surface area contributed by atoms with Gasteiger partial charge in [0.2, 0.25) is 5.91 Å². The topological polar surface area (TPSA) is 59.4 Å². The number of fused-ring (bicyclic) bond motifs is 1. The Morgan fingerprint density at radius 2 is 2.23 bits per heavy atom. The maximum absolute atomic E-state index is 12.5. The number of hydrogen-bond acceptors (Lipinski definition) is 5. The Kier molecular flexibility index (Phi) is 5.67. The third-order valence-electron chi connectivity index (χ3n) is 5.27. The van der Waals surface area contributed by atoms with Crippen molar-refractivity contribution in [2.24, 2.45) is 5.92 Å². The Bertz CT molecular complexity index is 709. The summed E-state index contributed by atoms with van der Waals surface area (Å²) in [5, 5.41) is 9.56. The third-order valence-corrected chi connectivity index (χ3v) is 6.15. The lowest BCUT2D eigenvalue weighted by Crippen LogP contribution is -2.42. The molecule has 4 rings (SSSR count). The van der Waals surface area contributed by atoms with Crippen LogP contribution in [0, 0.1) is 5.92 Å². The van der Waals surface area contributed by atoms with Gasteiger partial charge in [0, 0.05) is 43.9 Å². The first-order valence-corrected chi connectivity index (χ1v) is 10.3. The van der Waals surface area contributed by atoms with Gasteiger partial charge in [-0.3, -0.25) is 14.4 Å². The SMILES string of the molecule is O=C(C[C@H]1CN(CC2CCOCC2)Cc2ccnn21)NCc1cccs1. The van der Waals surface area contributed by atoms with Crippen LogP contribution < -0.4 is 5.32 Å². The van der Waals surface area contributed by atoms with Gasteiger partial charge in [-0.2, -0.15) is 5.10 Å². The second-order valence-electron chi connectivity index (χ2n) is 7.23. The van der Waals surface area contributed by atoms with Gasteiger partial charge in [0.1, 0.15) is 0 Å². The molecule has 0 radical (unpaired) electrons. The van der Waals surface area contributed by atoms with E-state index in [1.54, 1.807) is 11.3 Å². The smallest absolute Gasteiger partial charge is 0.222 e. The number of hydrogen-bond donors (Lipinski definition) is 1. The number of thiophene rings is 1. The van der Waals surface area contributed by atoms with E-state index >= 15 is 0 Å². The lowest BCUT2D eigenvalue weighted by Gasteiger charge is -2.36. The molecule has 0 unspecified atom stereocenters. The Labute approximate surface area is 158 Å². The largest absolute Gasteiger partial charge is 0.381 e. The summed E-state index contributed by atoms with van der Waals surface area (Å²) in [5.74, 6) is 0.796. The van der Waals surface area contributed by atoms with Crippen LogP contribution in [0.5, 0.6) is 0 Å². The molecule has 0 bridgehead atoms. The van der Waals surface area contributed by atoms with Gasteiger partial charge < -0.3 is 10.1 Å². The van der Waals surface area contributed by atoms with Crippen molar-refractivity contribution in [2.75, 3.05) is 26.3 Å². The summed E-state index contributed by atoms with van der Waals surface area (Å²) < 4.78 is 7.53. The van der Waals surface area contributed by atoms with E-state index < -0.39 is 0 Å². The average molecular weight is 375 g/mol. The maximum Gasteiger partial charge on any atom is 0.222 e. The highest BCUT2D eigenvalue weighted by molar-refractivity contribution is 7.09. The Balaban J connectivity index is 1.35. The van der Waals surface area contributed by atoms with Crippen molar-refractivity contribution in [3.63, 3.8) is 0 Å². The molecule has 2 aliphatic heterocycles. The first-order chi connectivity index (χ1) is 12.8. The van der Waals surface area contributed by atoms with Crippen molar-refractivity contribution in [1.82, 2.24) is 20.0 Å². The van der Waals surface area contributed by atoms with E-state index in [0.29, 0.717) is 18.9 Å². The lowest BCUT2D eigenvalue weighted by molar-refractivity contribution is -0.122. The molecule has 2 aromatic heterocycles. The molecule has 6 nitrogen and oxygen atoms in total. The molecular formula is C19H26N4O2S. The van der Waals surface area contributed by atoms with Gasteiger partial charge in [-0.05, 0) is 36.3 Å². The molecular weight excluding hydrogens is 348 g/mol. The van der Waals surface area contributed by atoms with E-state index in [9.17, 15) is 4.79 Å². The normalized spacial score (nSPS) is 21.5. The third kappa shape index (κ3) is 4.34. The van der Waals surface area contributed by atoms with Crippen LogP contribution >= 0.6 is 11.3 Å². The molecule has 26 heavy (non-hydrogen) atoms. The lowest BCUT2D eigenvalue weighted by atomic mass is 9.98. The minimum Gasteiger partial charge on any atom is -0.381 e. The van der Waals surface area contributed by atoms with E-state index in [0.717, 1.165) is 45.7 Å². The molecule has 1 N–H and O–H groups in total. The molecule has 4 heterocycles. The van der Waals surface area contributed by atoms with Crippen LogP contribution in [0.2, 0.25) is 0 Å². The first-order valence-electron chi connectivity index (χ1n) is 9.39. The van der Waals surface area contributed by atoms with Crippen molar-refractivity contribution in [3.8, 4) is 0 Å². The molecule has 7 heteroatoms. The van der Waals surface area contributed by atoms with Gasteiger partial charge in [0.25, 0.3) is 0 Å². The van der Waals surface area contributed by atoms with Crippen molar-refractivity contribution in [2.45, 2.75) is 38.4 Å². The summed E-state index contributed by atoms with van der Waals surface area (Å²) in [6.45, 7) is 5.27. The fourth-order valence-corrected chi connectivity index (χ4v) is 4.58.